The minimum atomic E-state index is -0.256. The van der Waals surface area contributed by atoms with E-state index in [1.165, 1.54) is 18.3 Å². The SMILES string of the molecule is CC(=O)Nc1cccc(NC(=O)c2sc3cccc(C)c3c2Cl)c1C. The van der Waals surface area contributed by atoms with Gasteiger partial charge in [-0.3, -0.25) is 9.59 Å². The van der Waals surface area contributed by atoms with E-state index in [4.69, 9.17) is 11.6 Å². The molecule has 0 atom stereocenters. The fraction of sp³-hybridized carbons (Fsp3) is 0.158. The first-order valence-corrected chi connectivity index (χ1v) is 8.94. The lowest BCUT2D eigenvalue weighted by Crippen LogP contribution is -2.13. The van der Waals surface area contributed by atoms with Crippen LogP contribution < -0.4 is 10.6 Å². The van der Waals surface area contributed by atoms with Crippen LogP contribution in [0, 0.1) is 13.8 Å². The van der Waals surface area contributed by atoms with E-state index in [9.17, 15) is 9.59 Å². The summed E-state index contributed by atoms with van der Waals surface area (Å²) in [5.41, 5.74) is 3.14. The van der Waals surface area contributed by atoms with Crippen LogP contribution in [-0.2, 0) is 4.79 Å². The molecule has 2 N–H and O–H groups in total. The quantitative estimate of drug-likeness (QED) is 0.648. The van der Waals surface area contributed by atoms with Crippen molar-refractivity contribution in [2.75, 3.05) is 10.6 Å². The number of halogens is 1. The second-order valence-corrected chi connectivity index (χ2v) is 7.24. The highest BCUT2D eigenvalue weighted by molar-refractivity contribution is 7.21. The highest BCUT2D eigenvalue weighted by atomic mass is 35.5. The van der Waals surface area contributed by atoms with Gasteiger partial charge in [0.15, 0.2) is 0 Å². The van der Waals surface area contributed by atoms with Crippen molar-refractivity contribution in [3.63, 3.8) is 0 Å². The Labute approximate surface area is 154 Å². The van der Waals surface area contributed by atoms with Crippen LogP contribution in [0.15, 0.2) is 36.4 Å². The van der Waals surface area contributed by atoms with Crippen molar-refractivity contribution in [2.24, 2.45) is 0 Å². The molecule has 0 saturated carbocycles. The number of amides is 2. The standard InChI is InChI=1S/C19H17ClN2O2S/c1-10-6-4-9-15-16(10)17(20)18(25-15)19(24)22-14-8-5-7-13(11(14)2)21-12(3)23/h4-9H,1-3H3,(H,21,23)(H,22,24). The Balaban J connectivity index is 1.95. The Morgan fingerprint density at radius 3 is 2.28 bits per heavy atom. The Hall–Kier alpha value is -2.37. The first-order chi connectivity index (χ1) is 11.9. The van der Waals surface area contributed by atoms with Crippen LogP contribution in [0.2, 0.25) is 5.02 Å². The second-order valence-electron chi connectivity index (χ2n) is 5.81. The van der Waals surface area contributed by atoms with E-state index in [0.29, 0.717) is 21.3 Å². The van der Waals surface area contributed by atoms with Crippen molar-refractivity contribution in [3.05, 3.63) is 57.4 Å². The lowest BCUT2D eigenvalue weighted by Gasteiger charge is -2.12. The fourth-order valence-electron chi connectivity index (χ4n) is 2.70. The molecule has 0 aliphatic heterocycles. The van der Waals surface area contributed by atoms with Crippen LogP contribution in [0.1, 0.15) is 27.7 Å². The lowest BCUT2D eigenvalue weighted by molar-refractivity contribution is -0.114. The van der Waals surface area contributed by atoms with Gasteiger partial charge in [-0.2, -0.15) is 0 Å². The summed E-state index contributed by atoms with van der Waals surface area (Å²) in [4.78, 5) is 24.5. The molecule has 0 radical (unpaired) electrons. The number of carbonyl (C=O) groups excluding carboxylic acids is 2. The second kappa shape index (κ2) is 6.86. The Bertz CT molecular complexity index is 994. The summed E-state index contributed by atoms with van der Waals surface area (Å²) in [6.07, 6.45) is 0. The third-order valence-corrected chi connectivity index (χ3v) is 5.61. The number of aryl methyl sites for hydroxylation is 1. The molecule has 3 aromatic rings. The molecule has 0 aliphatic carbocycles. The molecule has 2 amide bonds. The summed E-state index contributed by atoms with van der Waals surface area (Å²) in [7, 11) is 0. The Morgan fingerprint density at radius 1 is 1.00 bits per heavy atom. The van der Waals surface area contributed by atoms with Crippen molar-refractivity contribution in [2.45, 2.75) is 20.8 Å². The number of benzene rings is 2. The largest absolute Gasteiger partial charge is 0.326 e. The van der Waals surface area contributed by atoms with Crippen molar-refractivity contribution in [1.82, 2.24) is 0 Å². The van der Waals surface area contributed by atoms with Gasteiger partial charge in [0.2, 0.25) is 5.91 Å². The average Bonchev–Trinajstić information content (AvgIpc) is 2.89. The zero-order valence-electron chi connectivity index (χ0n) is 14.1. The van der Waals surface area contributed by atoms with E-state index in [0.717, 1.165) is 21.2 Å². The zero-order chi connectivity index (χ0) is 18.1. The molecule has 25 heavy (non-hydrogen) atoms. The number of fused-ring (bicyclic) bond motifs is 1. The van der Waals surface area contributed by atoms with Crippen LogP contribution in [0.4, 0.5) is 11.4 Å². The van der Waals surface area contributed by atoms with E-state index < -0.39 is 0 Å². The molecule has 1 heterocycles. The molecule has 2 aromatic carbocycles. The van der Waals surface area contributed by atoms with Crippen molar-refractivity contribution in [1.29, 1.82) is 0 Å². The predicted molar refractivity (Wildman–Crippen MR) is 105 cm³/mol. The number of thiophene rings is 1. The van der Waals surface area contributed by atoms with Gasteiger partial charge in [0.05, 0.1) is 5.02 Å². The molecule has 0 bridgehead atoms. The molecular weight excluding hydrogens is 356 g/mol. The molecule has 1 aromatic heterocycles. The first kappa shape index (κ1) is 17.5. The topological polar surface area (TPSA) is 58.2 Å². The van der Waals surface area contributed by atoms with Crippen molar-refractivity contribution < 1.29 is 9.59 Å². The molecule has 0 fully saturated rings. The summed E-state index contributed by atoms with van der Waals surface area (Å²) < 4.78 is 0.985. The van der Waals surface area contributed by atoms with Crippen molar-refractivity contribution >= 4 is 56.2 Å². The monoisotopic (exact) mass is 372 g/mol. The summed E-state index contributed by atoms with van der Waals surface area (Å²) in [5.74, 6) is -0.414. The van der Waals surface area contributed by atoms with Crippen LogP contribution in [-0.4, -0.2) is 11.8 Å². The predicted octanol–water partition coefficient (Wildman–Crippen LogP) is 5.38. The number of anilines is 2. The minimum Gasteiger partial charge on any atom is -0.326 e. The van der Waals surface area contributed by atoms with E-state index in [1.807, 2.05) is 32.0 Å². The lowest BCUT2D eigenvalue weighted by atomic mass is 10.1. The number of nitrogens with one attached hydrogen (secondary N) is 2. The number of hydrogen-bond donors (Lipinski definition) is 2. The third kappa shape index (κ3) is 3.38. The minimum absolute atomic E-state index is 0.158. The van der Waals surface area contributed by atoms with Crippen LogP contribution in [0.5, 0.6) is 0 Å². The van der Waals surface area contributed by atoms with Crippen LogP contribution in [0.25, 0.3) is 10.1 Å². The summed E-state index contributed by atoms with van der Waals surface area (Å²) in [6, 6.07) is 11.3. The van der Waals surface area contributed by atoms with Gasteiger partial charge in [-0.25, -0.2) is 0 Å². The summed E-state index contributed by atoms with van der Waals surface area (Å²) in [5, 5.41) is 7.05. The Morgan fingerprint density at radius 2 is 1.64 bits per heavy atom. The molecule has 3 rings (SSSR count). The van der Waals surface area contributed by atoms with E-state index in [-0.39, 0.29) is 11.8 Å². The zero-order valence-corrected chi connectivity index (χ0v) is 15.6. The van der Waals surface area contributed by atoms with Gasteiger partial charge in [0, 0.05) is 28.4 Å². The van der Waals surface area contributed by atoms with E-state index in [1.54, 1.807) is 18.2 Å². The van der Waals surface area contributed by atoms with Crippen LogP contribution in [0.3, 0.4) is 0 Å². The molecular formula is C19H17ClN2O2S. The molecule has 0 spiro atoms. The molecule has 4 nitrogen and oxygen atoms in total. The van der Waals surface area contributed by atoms with Gasteiger partial charge >= 0.3 is 0 Å². The van der Waals surface area contributed by atoms with Gasteiger partial charge in [-0.15, -0.1) is 11.3 Å². The molecule has 0 unspecified atom stereocenters. The maximum Gasteiger partial charge on any atom is 0.267 e. The fourth-order valence-corrected chi connectivity index (χ4v) is 4.27. The molecule has 128 valence electrons. The van der Waals surface area contributed by atoms with Gasteiger partial charge in [-0.1, -0.05) is 29.8 Å². The number of carbonyl (C=O) groups is 2. The van der Waals surface area contributed by atoms with Crippen molar-refractivity contribution in [3.8, 4) is 0 Å². The van der Waals surface area contributed by atoms with Gasteiger partial charge < -0.3 is 10.6 Å². The average molecular weight is 373 g/mol. The number of rotatable bonds is 3. The molecule has 0 aliphatic rings. The van der Waals surface area contributed by atoms with E-state index in [2.05, 4.69) is 10.6 Å². The normalized spacial score (nSPS) is 10.7. The maximum atomic E-state index is 12.7. The highest BCUT2D eigenvalue weighted by Gasteiger charge is 2.19. The van der Waals surface area contributed by atoms with E-state index >= 15 is 0 Å². The molecule has 0 saturated heterocycles. The van der Waals surface area contributed by atoms with Gasteiger partial charge in [-0.05, 0) is 43.2 Å². The molecule has 6 heteroatoms. The third-order valence-electron chi connectivity index (χ3n) is 3.96. The highest BCUT2D eigenvalue weighted by Crippen LogP contribution is 2.37. The maximum absolute atomic E-state index is 12.7. The Kier molecular flexibility index (Phi) is 4.79. The first-order valence-electron chi connectivity index (χ1n) is 7.74. The van der Waals surface area contributed by atoms with Gasteiger partial charge in [0.1, 0.15) is 4.88 Å². The summed E-state index contributed by atoms with van der Waals surface area (Å²) >= 11 is 7.83. The smallest absolute Gasteiger partial charge is 0.267 e. The van der Waals surface area contributed by atoms with Gasteiger partial charge in [0.25, 0.3) is 5.91 Å². The number of hydrogen-bond acceptors (Lipinski definition) is 3. The van der Waals surface area contributed by atoms with Crippen LogP contribution >= 0.6 is 22.9 Å². The summed E-state index contributed by atoms with van der Waals surface area (Å²) in [6.45, 7) is 5.27.